The molecule has 1 aliphatic rings. The Morgan fingerprint density at radius 3 is 2.30 bits per heavy atom. The summed E-state index contributed by atoms with van der Waals surface area (Å²) in [5.74, 6) is -0.948. The first-order valence-electron chi connectivity index (χ1n) is 11.3. The van der Waals surface area contributed by atoms with E-state index in [1.54, 1.807) is 48.5 Å². The zero-order valence-electron chi connectivity index (χ0n) is 20.0. The molecule has 0 radical (unpaired) electrons. The third-order valence-electron chi connectivity index (χ3n) is 5.87. The summed E-state index contributed by atoms with van der Waals surface area (Å²) in [7, 11) is -2.78. The van der Waals surface area contributed by atoms with E-state index in [0.29, 0.717) is 27.7 Å². The molecule has 37 heavy (non-hydrogen) atoms. The summed E-state index contributed by atoms with van der Waals surface area (Å²) in [4.78, 5) is 38.7. The smallest absolute Gasteiger partial charge is 0.252 e. The normalized spacial score (nSPS) is 15.8. The van der Waals surface area contributed by atoms with Gasteiger partial charge in [-0.25, -0.2) is 13.3 Å². The van der Waals surface area contributed by atoms with Crippen LogP contribution in [0.15, 0.2) is 77.7 Å². The fourth-order valence-corrected chi connectivity index (χ4v) is 5.80. The quantitative estimate of drug-likeness (QED) is 0.434. The molecule has 192 valence electrons. The van der Waals surface area contributed by atoms with Crippen molar-refractivity contribution in [2.24, 2.45) is 0 Å². The number of imide groups is 1. The van der Waals surface area contributed by atoms with Crippen LogP contribution in [0.1, 0.15) is 18.9 Å². The predicted octanol–water partition coefficient (Wildman–Crippen LogP) is 3.83. The van der Waals surface area contributed by atoms with Crippen molar-refractivity contribution in [1.82, 2.24) is 4.31 Å². The van der Waals surface area contributed by atoms with Gasteiger partial charge in [0.1, 0.15) is 11.8 Å². The molecule has 11 heteroatoms. The lowest BCUT2D eigenvalue weighted by Gasteiger charge is -2.27. The minimum Gasteiger partial charge on any atom is -0.497 e. The van der Waals surface area contributed by atoms with Crippen LogP contribution in [-0.4, -0.2) is 43.6 Å². The van der Waals surface area contributed by atoms with E-state index in [9.17, 15) is 22.8 Å². The molecule has 0 bridgehead atoms. The molecule has 3 amide bonds. The lowest BCUT2D eigenvalue weighted by molar-refractivity contribution is -0.122. The Morgan fingerprint density at radius 1 is 1.05 bits per heavy atom. The SMILES string of the molecule is COc1ccc(N2C(=O)CC(N(Cc3ccccc3Cl)S(=O)(=O)c3ccc(NC(C)=O)cc3)C2=O)cc1. The van der Waals surface area contributed by atoms with E-state index in [-0.39, 0.29) is 23.8 Å². The number of carbonyl (C=O) groups is 3. The molecule has 0 saturated carbocycles. The third kappa shape index (κ3) is 5.51. The molecule has 3 aromatic carbocycles. The Kier molecular flexibility index (Phi) is 7.63. The second kappa shape index (κ2) is 10.7. The van der Waals surface area contributed by atoms with Crippen LogP contribution in [-0.2, 0) is 31.0 Å². The molecule has 0 aliphatic carbocycles. The minimum absolute atomic E-state index is 0.100. The number of rotatable bonds is 8. The maximum absolute atomic E-state index is 13.8. The average Bonchev–Trinajstić information content (AvgIpc) is 3.16. The maximum atomic E-state index is 13.8. The van der Waals surface area contributed by atoms with Gasteiger partial charge in [0.25, 0.3) is 5.91 Å². The molecule has 0 aromatic heterocycles. The minimum atomic E-state index is -4.28. The molecule has 4 rings (SSSR count). The Hall–Kier alpha value is -3.73. The molecule has 9 nitrogen and oxygen atoms in total. The average molecular weight is 542 g/mol. The largest absolute Gasteiger partial charge is 0.497 e. The van der Waals surface area contributed by atoms with E-state index >= 15 is 0 Å². The number of anilines is 2. The van der Waals surface area contributed by atoms with E-state index in [4.69, 9.17) is 16.3 Å². The highest BCUT2D eigenvalue weighted by molar-refractivity contribution is 7.89. The first-order valence-corrected chi connectivity index (χ1v) is 13.1. The highest BCUT2D eigenvalue weighted by Crippen LogP contribution is 2.32. The Labute approximate surface area is 219 Å². The second-order valence-corrected chi connectivity index (χ2v) is 10.6. The Bertz CT molecular complexity index is 1440. The fourth-order valence-electron chi connectivity index (χ4n) is 4.05. The molecular formula is C26H24ClN3O6S. The molecule has 1 saturated heterocycles. The number of carbonyl (C=O) groups excluding carboxylic acids is 3. The Morgan fingerprint density at radius 2 is 1.70 bits per heavy atom. The monoisotopic (exact) mass is 541 g/mol. The Balaban J connectivity index is 1.73. The van der Waals surface area contributed by atoms with Crippen molar-refractivity contribution >= 4 is 50.7 Å². The number of hydrogen-bond acceptors (Lipinski definition) is 6. The first-order chi connectivity index (χ1) is 17.6. The zero-order chi connectivity index (χ0) is 26.7. The van der Waals surface area contributed by atoms with Gasteiger partial charge in [-0.1, -0.05) is 29.8 Å². The summed E-state index contributed by atoms with van der Waals surface area (Å²) in [6, 6.07) is 17.3. The fraction of sp³-hybridized carbons (Fsp3) is 0.192. The highest BCUT2D eigenvalue weighted by Gasteiger charge is 2.47. The van der Waals surface area contributed by atoms with Gasteiger partial charge in [-0.05, 0) is 60.2 Å². The molecule has 1 fully saturated rings. The third-order valence-corrected chi connectivity index (χ3v) is 8.10. The van der Waals surface area contributed by atoms with Crippen molar-refractivity contribution in [2.45, 2.75) is 30.8 Å². The number of nitrogens with zero attached hydrogens (tertiary/aromatic N) is 2. The van der Waals surface area contributed by atoms with Crippen LogP contribution in [0.4, 0.5) is 11.4 Å². The van der Waals surface area contributed by atoms with Crippen molar-refractivity contribution in [3.63, 3.8) is 0 Å². The number of hydrogen-bond donors (Lipinski definition) is 1. The van der Waals surface area contributed by atoms with Gasteiger partial charge in [-0.3, -0.25) is 14.4 Å². The van der Waals surface area contributed by atoms with Gasteiger partial charge < -0.3 is 10.1 Å². The van der Waals surface area contributed by atoms with Crippen LogP contribution < -0.4 is 15.0 Å². The topological polar surface area (TPSA) is 113 Å². The molecule has 1 N–H and O–H groups in total. The van der Waals surface area contributed by atoms with Crippen LogP contribution in [0.3, 0.4) is 0 Å². The number of benzene rings is 3. The van der Waals surface area contributed by atoms with Crippen LogP contribution in [0, 0.1) is 0 Å². The molecular weight excluding hydrogens is 518 g/mol. The molecule has 1 atom stereocenters. The molecule has 1 aliphatic heterocycles. The summed E-state index contributed by atoms with van der Waals surface area (Å²) in [5.41, 5.74) is 1.21. The van der Waals surface area contributed by atoms with E-state index in [1.807, 2.05) is 0 Å². The molecule has 0 spiro atoms. The van der Waals surface area contributed by atoms with Gasteiger partial charge in [0.15, 0.2) is 0 Å². The van der Waals surface area contributed by atoms with Crippen molar-refractivity contribution in [3.05, 3.63) is 83.4 Å². The van der Waals surface area contributed by atoms with Crippen LogP contribution in [0.25, 0.3) is 0 Å². The highest BCUT2D eigenvalue weighted by atomic mass is 35.5. The van der Waals surface area contributed by atoms with Gasteiger partial charge in [0.05, 0.1) is 24.1 Å². The van der Waals surface area contributed by atoms with E-state index in [1.165, 1.54) is 38.3 Å². The molecule has 1 unspecified atom stereocenters. The summed E-state index contributed by atoms with van der Waals surface area (Å²) in [6.45, 7) is 1.11. The number of halogens is 1. The van der Waals surface area contributed by atoms with Gasteiger partial charge >= 0.3 is 0 Å². The van der Waals surface area contributed by atoms with Crippen molar-refractivity contribution < 1.29 is 27.5 Å². The zero-order valence-corrected chi connectivity index (χ0v) is 21.6. The van der Waals surface area contributed by atoms with E-state index in [2.05, 4.69) is 5.32 Å². The predicted molar refractivity (Wildman–Crippen MR) is 139 cm³/mol. The number of methoxy groups -OCH3 is 1. The van der Waals surface area contributed by atoms with E-state index < -0.39 is 27.9 Å². The van der Waals surface area contributed by atoms with Crippen LogP contribution in [0.5, 0.6) is 5.75 Å². The lowest BCUT2D eigenvalue weighted by Crippen LogP contribution is -2.45. The molecule has 3 aromatic rings. The van der Waals surface area contributed by atoms with Gasteiger partial charge in [0, 0.05) is 24.2 Å². The number of amides is 3. The van der Waals surface area contributed by atoms with Crippen molar-refractivity contribution in [3.8, 4) is 5.75 Å². The standard InChI is InChI=1S/C26H24ClN3O6S/c1-17(31)28-19-7-13-22(14-8-19)37(34,35)29(16-18-5-3-4-6-23(18)27)24-15-25(32)30(26(24)33)20-9-11-21(36-2)12-10-20/h3-14,24H,15-16H2,1-2H3,(H,28,31). The van der Waals surface area contributed by atoms with E-state index in [0.717, 1.165) is 9.21 Å². The van der Waals surface area contributed by atoms with Crippen LogP contribution in [0.2, 0.25) is 5.02 Å². The van der Waals surface area contributed by atoms with Gasteiger partial charge in [-0.2, -0.15) is 4.31 Å². The second-order valence-electron chi connectivity index (χ2n) is 8.33. The van der Waals surface area contributed by atoms with Crippen molar-refractivity contribution in [1.29, 1.82) is 0 Å². The number of nitrogens with one attached hydrogen (secondary N) is 1. The lowest BCUT2D eigenvalue weighted by atomic mass is 10.2. The maximum Gasteiger partial charge on any atom is 0.252 e. The summed E-state index contributed by atoms with van der Waals surface area (Å²) < 4.78 is 33.8. The number of ether oxygens (including phenoxy) is 1. The molecule has 1 heterocycles. The summed E-state index contributed by atoms with van der Waals surface area (Å²) in [6.07, 6.45) is -0.335. The van der Waals surface area contributed by atoms with Crippen molar-refractivity contribution in [2.75, 3.05) is 17.3 Å². The van der Waals surface area contributed by atoms with Gasteiger partial charge in [-0.15, -0.1) is 0 Å². The first kappa shape index (κ1) is 26.3. The number of sulfonamides is 1. The van der Waals surface area contributed by atoms with Gasteiger partial charge in [0.2, 0.25) is 21.8 Å². The summed E-state index contributed by atoms with van der Waals surface area (Å²) >= 11 is 6.32. The van der Waals surface area contributed by atoms with Crippen LogP contribution >= 0.6 is 11.6 Å². The summed E-state index contributed by atoms with van der Waals surface area (Å²) in [5, 5.41) is 2.91.